The van der Waals surface area contributed by atoms with Crippen LogP contribution in [0.4, 0.5) is 0 Å². The summed E-state index contributed by atoms with van der Waals surface area (Å²) in [5, 5.41) is 3.56. The molecule has 0 atom stereocenters. The molecule has 0 spiro atoms. The largest absolute Gasteiger partial charge is 0.549 e. The lowest BCUT2D eigenvalue weighted by atomic mass is 10.4. The molecule has 0 bridgehead atoms. The van der Waals surface area contributed by atoms with Crippen LogP contribution in [0.5, 0.6) is 0 Å². The minimum Gasteiger partial charge on any atom is -0.292 e. The van der Waals surface area contributed by atoms with Crippen molar-refractivity contribution in [3.8, 4) is 0 Å². The van der Waals surface area contributed by atoms with E-state index in [-0.39, 0.29) is 0 Å². The van der Waals surface area contributed by atoms with Crippen LogP contribution in [0.25, 0.3) is 0 Å². The number of hydrogen-bond donors (Lipinski definition) is 0. The Kier molecular flexibility index (Phi) is 4.61. The van der Waals surface area contributed by atoms with Crippen LogP contribution >= 0.6 is 7.82 Å². The van der Waals surface area contributed by atoms with E-state index in [1.807, 2.05) is 36.0 Å². The van der Waals surface area contributed by atoms with Crippen molar-refractivity contribution in [1.82, 2.24) is 0 Å². The molecule has 1 aromatic rings. The summed E-state index contributed by atoms with van der Waals surface area (Å²) in [4.78, 5) is 0. The van der Waals surface area contributed by atoms with Crippen molar-refractivity contribution in [3.05, 3.63) is 30.1 Å². The second-order valence-electron chi connectivity index (χ2n) is 2.86. The van der Waals surface area contributed by atoms with Crippen LogP contribution in [-0.2, 0) is 25.3 Å². The molecule has 88 valence electrons. The highest BCUT2D eigenvalue weighted by atomic mass is 31.2. The van der Waals surface area contributed by atoms with E-state index in [4.69, 9.17) is 0 Å². The van der Waals surface area contributed by atoms with Crippen LogP contribution in [-0.4, -0.2) is 20.4 Å². The molecule has 1 aromatic heterocycles. The third-order valence-corrected chi connectivity index (χ3v) is 3.06. The molecule has 0 aliphatic heterocycles. The van der Waals surface area contributed by atoms with Crippen LogP contribution in [0.1, 0.15) is 5.69 Å². The predicted molar refractivity (Wildman–Crippen MR) is 57.9 cm³/mol. The molecule has 0 saturated carbocycles. The molecule has 0 aromatic carbocycles. The molecule has 1 heterocycles. The number of aromatic nitrogens is 1. The lowest BCUT2D eigenvalue weighted by molar-refractivity contribution is -0.672. The molecule has 0 radical (unpaired) electrons. The van der Waals surface area contributed by atoms with Gasteiger partial charge in [-0.15, -0.1) is 0 Å². The van der Waals surface area contributed by atoms with Gasteiger partial charge in [-0.1, -0.05) is 5.16 Å². The van der Waals surface area contributed by atoms with Gasteiger partial charge < -0.3 is 0 Å². The second kappa shape index (κ2) is 5.75. The van der Waals surface area contributed by atoms with Gasteiger partial charge in [0.15, 0.2) is 6.20 Å². The highest BCUT2D eigenvalue weighted by Crippen LogP contribution is 2.47. The van der Waals surface area contributed by atoms with E-state index >= 15 is 0 Å². The van der Waals surface area contributed by atoms with Gasteiger partial charge in [-0.2, -0.15) is 0 Å². The third-order valence-electron chi connectivity index (χ3n) is 1.87. The van der Waals surface area contributed by atoms with E-state index in [0.29, 0.717) is 0 Å². The van der Waals surface area contributed by atoms with E-state index in [1.54, 1.807) is 0 Å². The van der Waals surface area contributed by atoms with Gasteiger partial charge in [-0.05, 0) is 6.07 Å². The summed E-state index contributed by atoms with van der Waals surface area (Å²) in [5.41, 5.74) is 0.793. The van der Waals surface area contributed by atoms with Crippen molar-refractivity contribution in [2.75, 3.05) is 14.2 Å². The molecular formula is C9H14N2O4P+. The normalized spacial score (nSPS) is 11.9. The minimum atomic E-state index is -3.54. The van der Waals surface area contributed by atoms with E-state index in [0.717, 1.165) is 5.69 Å². The Morgan fingerprint density at radius 3 is 2.62 bits per heavy atom. The molecule has 6 nitrogen and oxygen atoms in total. The quantitative estimate of drug-likeness (QED) is 0.339. The number of rotatable bonds is 5. The van der Waals surface area contributed by atoms with Gasteiger partial charge in [-0.25, -0.2) is 9.13 Å². The smallest absolute Gasteiger partial charge is 0.292 e. The van der Waals surface area contributed by atoms with E-state index < -0.39 is 7.82 Å². The van der Waals surface area contributed by atoms with Crippen LogP contribution in [0, 0.1) is 0 Å². The maximum Gasteiger partial charge on any atom is 0.549 e. The zero-order valence-corrected chi connectivity index (χ0v) is 10.3. The van der Waals surface area contributed by atoms with Gasteiger partial charge in [0.1, 0.15) is 13.3 Å². The van der Waals surface area contributed by atoms with Crippen LogP contribution in [0.15, 0.2) is 29.6 Å². The SMILES string of the molecule is COP(=O)(OC)O/N=C/c1cccc[n+]1C. The molecular weight excluding hydrogens is 231 g/mol. The highest BCUT2D eigenvalue weighted by molar-refractivity contribution is 7.48. The summed E-state index contributed by atoms with van der Waals surface area (Å²) in [6.45, 7) is 0. The number of aryl methyl sites for hydroxylation is 1. The Morgan fingerprint density at radius 1 is 1.38 bits per heavy atom. The Hall–Kier alpha value is -1.23. The monoisotopic (exact) mass is 245 g/mol. The molecule has 7 heteroatoms. The van der Waals surface area contributed by atoms with E-state index in [2.05, 4.69) is 18.8 Å². The van der Waals surface area contributed by atoms with Crippen molar-refractivity contribution in [2.45, 2.75) is 0 Å². The fourth-order valence-corrected chi connectivity index (χ4v) is 1.39. The molecule has 0 unspecified atom stereocenters. The first-order valence-corrected chi connectivity index (χ1v) is 5.95. The molecule has 0 amide bonds. The third kappa shape index (κ3) is 3.41. The summed E-state index contributed by atoms with van der Waals surface area (Å²) in [6, 6.07) is 5.57. The van der Waals surface area contributed by atoms with Gasteiger partial charge in [0, 0.05) is 26.4 Å². The van der Waals surface area contributed by atoms with Gasteiger partial charge in [0.05, 0.1) is 0 Å². The van der Waals surface area contributed by atoms with Crippen molar-refractivity contribution < 1.29 is 22.8 Å². The van der Waals surface area contributed by atoms with Crippen molar-refractivity contribution >= 4 is 14.0 Å². The van der Waals surface area contributed by atoms with E-state index in [9.17, 15) is 4.57 Å². The maximum absolute atomic E-state index is 11.4. The van der Waals surface area contributed by atoms with Crippen molar-refractivity contribution in [1.29, 1.82) is 0 Å². The summed E-state index contributed by atoms with van der Waals surface area (Å²) in [5.74, 6) is 0. The summed E-state index contributed by atoms with van der Waals surface area (Å²) in [6.07, 6.45) is 3.28. The molecule has 0 saturated heterocycles. The number of nitrogens with zero attached hydrogens (tertiary/aromatic N) is 2. The van der Waals surface area contributed by atoms with Gasteiger partial charge in [0.25, 0.3) is 0 Å². The minimum absolute atomic E-state index is 0.793. The van der Waals surface area contributed by atoms with E-state index in [1.165, 1.54) is 20.4 Å². The van der Waals surface area contributed by atoms with Crippen LogP contribution in [0.2, 0.25) is 0 Å². The molecule has 16 heavy (non-hydrogen) atoms. The van der Waals surface area contributed by atoms with Crippen molar-refractivity contribution in [2.24, 2.45) is 12.2 Å². The first kappa shape index (κ1) is 12.8. The molecule has 1 rings (SSSR count). The topological polar surface area (TPSA) is 61.0 Å². The van der Waals surface area contributed by atoms with Crippen LogP contribution < -0.4 is 4.57 Å². The lowest BCUT2D eigenvalue weighted by Gasteiger charge is -2.08. The first-order valence-electron chi connectivity index (χ1n) is 4.49. The number of phosphoric ester groups is 1. The average molecular weight is 245 g/mol. The Balaban J connectivity index is 2.69. The number of phosphoric acid groups is 1. The first-order chi connectivity index (χ1) is 7.61. The second-order valence-corrected chi connectivity index (χ2v) is 4.65. The van der Waals surface area contributed by atoms with Gasteiger partial charge in [-0.3, -0.25) is 13.7 Å². The van der Waals surface area contributed by atoms with Gasteiger partial charge >= 0.3 is 7.82 Å². The Labute approximate surface area is 94.1 Å². The Bertz CT molecular complexity index is 414. The molecule has 0 aliphatic rings. The fourth-order valence-electron chi connectivity index (χ4n) is 0.947. The molecule has 0 fully saturated rings. The number of oxime groups is 1. The Morgan fingerprint density at radius 2 is 2.06 bits per heavy atom. The molecule has 0 N–H and O–H groups in total. The summed E-state index contributed by atoms with van der Waals surface area (Å²) in [7, 11) is 0.763. The van der Waals surface area contributed by atoms with Crippen LogP contribution in [0.3, 0.4) is 0 Å². The maximum atomic E-state index is 11.4. The highest BCUT2D eigenvalue weighted by Gasteiger charge is 2.23. The summed E-state index contributed by atoms with van der Waals surface area (Å²) >= 11 is 0. The predicted octanol–water partition coefficient (Wildman–Crippen LogP) is 1.26. The zero-order valence-electron chi connectivity index (χ0n) is 9.36. The number of pyridine rings is 1. The standard InChI is InChI=1S/C9H14N2O4P/c1-11-7-5-4-6-9(11)8-10-15-16(12,13-2)14-3/h4-8H,1-3H3/q+1/b10-8+. The molecule has 0 aliphatic carbocycles. The summed E-state index contributed by atoms with van der Waals surface area (Å²) < 4.78 is 27.0. The average Bonchev–Trinajstić information content (AvgIpc) is 2.31. The van der Waals surface area contributed by atoms with Crippen molar-refractivity contribution in [3.63, 3.8) is 0 Å². The zero-order chi connectivity index (χ0) is 12.0. The number of hydrogen-bond acceptors (Lipinski definition) is 5. The van der Waals surface area contributed by atoms with Gasteiger partial charge in [0.2, 0.25) is 5.69 Å². The fraction of sp³-hybridized carbons (Fsp3) is 0.333. The lowest BCUT2D eigenvalue weighted by Crippen LogP contribution is -2.32.